The van der Waals surface area contributed by atoms with Crippen LogP contribution in [0.3, 0.4) is 0 Å². The molecular weight excluding hydrogens is 607 g/mol. The molecule has 2 nitrogen and oxygen atoms in total. The number of benzene rings is 9. The summed E-state index contributed by atoms with van der Waals surface area (Å²) in [5.74, 6) is 0. The largest absolute Gasteiger partial charge is 0.455 e. The van der Waals surface area contributed by atoms with Crippen LogP contribution in [0.1, 0.15) is 0 Å². The lowest BCUT2D eigenvalue weighted by atomic mass is 9.94. The quantitative estimate of drug-likeness (QED) is 0.175. The normalized spacial score (nSPS) is 11.6. The molecule has 10 rings (SSSR count). The van der Waals surface area contributed by atoms with Crippen LogP contribution in [0.25, 0.3) is 76.5 Å². The summed E-state index contributed by atoms with van der Waals surface area (Å²) >= 11 is 0. The second kappa shape index (κ2) is 11.5. The van der Waals surface area contributed by atoms with Crippen molar-refractivity contribution in [1.82, 2.24) is 0 Å². The first-order valence-corrected chi connectivity index (χ1v) is 17.1. The van der Waals surface area contributed by atoms with Crippen LogP contribution in [-0.4, -0.2) is 0 Å². The van der Waals surface area contributed by atoms with E-state index in [1.807, 2.05) is 12.1 Å². The maximum Gasteiger partial charge on any atom is 0.143 e. The van der Waals surface area contributed by atoms with Gasteiger partial charge in [-0.05, 0) is 68.4 Å². The molecule has 9 aromatic carbocycles. The Kier molecular flexibility index (Phi) is 6.53. The summed E-state index contributed by atoms with van der Waals surface area (Å²) in [6.07, 6.45) is 0. The Morgan fingerprint density at radius 1 is 0.340 bits per heavy atom. The Balaban J connectivity index is 1.23. The van der Waals surface area contributed by atoms with E-state index in [1.54, 1.807) is 0 Å². The Morgan fingerprint density at radius 2 is 0.960 bits per heavy atom. The molecule has 0 aliphatic carbocycles. The Labute approximate surface area is 290 Å². The van der Waals surface area contributed by atoms with E-state index >= 15 is 0 Å². The molecule has 0 spiro atoms. The van der Waals surface area contributed by atoms with Crippen molar-refractivity contribution in [3.63, 3.8) is 0 Å². The van der Waals surface area contributed by atoms with Gasteiger partial charge in [-0.3, -0.25) is 0 Å². The number of hydrogen-bond donors (Lipinski definition) is 0. The molecule has 0 fully saturated rings. The number of furan rings is 1. The Morgan fingerprint density at radius 3 is 1.82 bits per heavy atom. The van der Waals surface area contributed by atoms with E-state index in [4.69, 9.17) is 4.42 Å². The van der Waals surface area contributed by atoms with Gasteiger partial charge >= 0.3 is 0 Å². The molecule has 10 aromatic rings. The zero-order valence-corrected chi connectivity index (χ0v) is 27.3. The molecule has 50 heavy (non-hydrogen) atoms. The van der Waals surface area contributed by atoms with Crippen molar-refractivity contribution < 1.29 is 4.42 Å². The molecule has 0 aliphatic heterocycles. The highest BCUT2D eigenvalue weighted by Gasteiger charge is 2.21. The van der Waals surface area contributed by atoms with E-state index in [9.17, 15) is 0 Å². The molecular formula is C48H31NO. The highest BCUT2D eigenvalue weighted by molar-refractivity contribution is 6.21. The van der Waals surface area contributed by atoms with Gasteiger partial charge in [0.15, 0.2) is 0 Å². The van der Waals surface area contributed by atoms with Crippen LogP contribution in [0.5, 0.6) is 0 Å². The third kappa shape index (κ3) is 4.50. The fraction of sp³-hybridized carbons (Fsp3) is 0. The van der Waals surface area contributed by atoms with Gasteiger partial charge in [0, 0.05) is 33.0 Å². The van der Waals surface area contributed by atoms with Gasteiger partial charge in [0.1, 0.15) is 11.2 Å². The standard InChI is InChI=1S/C48H31NO/c1-2-13-32(14-3-1)37-17-8-10-23-45(37)49(46-31-44-36-16-5-4-15-33(36)27-30-40(44)39-18-6-7-19-41(39)46)35-28-25-34(26-29-35)38-21-12-22-43-42-20-9-11-24-47(42)50-48(38)43/h1-31H. The number of nitrogens with zero attached hydrogens (tertiary/aromatic N) is 1. The lowest BCUT2D eigenvalue weighted by Crippen LogP contribution is -2.12. The molecule has 2 heteroatoms. The summed E-state index contributed by atoms with van der Waals surface area (Å²) in [7, 11) is 0. The molecule has 0 unspecified atom stereocenters. The van der Waals surface area contributed by atoms with E-state index in [1.165, 1.54) is 43.4 Å². The second-order valence-electron chi connectivity index (χ2n) is 12.9. The number of fused-ring (bicyclic) bond motifs is 8. The van der Waals surface area contributed by atoms with E-state index in [0.29, 0.717) is 0 Å². The summed E-state index contributed by atoms with van der Waals surface area (Å²) in [4.78, 5) is 2.44. The molecule has 1 aromatic heterocycles. The van der Waals surface area contributed by atoms with E-state index in [-0.39, 0.29) is 0 Å². The fourth-order valence-electron chi connectivity index (χ4n) is 7.73. The van der Waals surface area contributed by atoms with Crippen molar-refractivity contribution in [3.05, 3.63) is 188 Å². The lowest BCUT2D eigenvalue weighted by molar-refractivity contribution is 0.670. The zero-order valence-electron chi connectivity index (χ0n) is 27.3. The molecule has 1 heterocycles. The van der Waals surface area contributed by atoms with Gasteiger partial charge in [-0.25, -0.2) is 0 Å². The van der Waals surface area contributed by atoms with E-state index in [0.717, 1.165) is 50.1 Å². The predicted octanol–water partition coefficient (Wildman–Crippen LogP) is 13.8. The van der Waals surface area contributed by atoms with Gasteiger partial charge in [-0.1, -0.05) is 158 Å². The fourth-order valence-corrected chi connectivity index (χ4v) is 7.73. The number of hydrogen-bond acceptors (Lipinski definition) is 2. The first kappa shape index (κ1) is 28.4. The summed E-state index contributed by atoms with van der Waals surface area (Å²) in [5, 5.41) is 9.70. The first-order chi connectivity index (χ1) is 24.8. The van der Waals surface area contributed by atoms with Gasteiger partial charge in [-0.15, -0.1) is 0 Å². The SMILES string of the molecule is c1ccc(-c2ccccc2N(c2ccc(-c3cccc4c3oc3ccccc34)cc2)c2cc3c4ccccc4ccc3c3ccccc23)cc1. The summed E-state index contributed by atoms with van der Waals surface area (Å²) < 4.78 is 6.43. The van der Waals surface area contributed by atoms with Crippen LogP contribution in [0, 0.1) is 0 Å². The monoisotopic (exact) mass is 637 g/mol. The summed E-state index contributed by atoms with van der Waals surface area (Å²) in [5.41, 5.74) is 9.72. The van der Waals surface area contributed by atoms with Crippen molar-refractivity contribution >= 4 is 71.3 Å². The van der Waals surface area contributed by atoms with Crippen LogP contribution in [-0.2, 0) is 0 Å². The van der Waals surface area contributed by atoms with Gasteiger partial charge in [0.2, 0.25) is 0 Å². The maximum absolute atomic E-state index is 6.43. The zero-order chi connectivity index (χ0) is 33.0. The summed E-state index contributed by atoms with van der Waals surface area (Å²) in [6, 6.07) is 67.5. The van der Waals surface area contributed by atoms with Crippen molar-refractivity contribution in [2.24, 2.45) is 0 Å². The van der Waals surface area contributed by atoms with Crippen LogP contribution in [0.2, 0.25) is 0 Å². The van der Waals surface area contributed by atoms with Crippen LogP contribution in [0.4, 0.5) is 17.1 Å². The number of rotatable bonds is 5. The highest BCUT2D eigenvalue weighted by atomic mass is 16.3. The van der Waals surface area contributed by atoms with Crippen molar-refractivity contribution in [1.29, 1.82) is 0 Å². The molecule has 0 saturated heterocycles. The average molecular weight is 638 g/mol. The average Bonchev–Trinajstić information content (AvgIpc) is 3.58. The first-order valence-electron chi connectivity index (χ1n) is 17.1. The van der Waals surface area contributed by atoms with Crippen molar-refractivity contribution in [2.75, 3.05) is 4.90 Å². The molecule has 0 saturated carbocycles. The van der Waals surface area contributed by atoms with Gasteiger partial charge in [0.05, 0.1) is 11.4 Å². The van der Waals surface area contributed by atoms with Gasteiger partial charge in [-0.2, -0.15) is 0 Å². The minimum atomic E-state index is 0.908. The minimum absolute atomic E-state index is 0.908. The smallest absolute Gasteiger partial charge is 0.143 e. The van der Waals surface area contributed by atoms with Crippen molar-refractivity contribution in [2.45, 2.75) is 0 Å². The van der Waals surface area contributed by atoms with Gasteiger partial charge < -0.3 is 9.32 Å². The molecule has 0 N–H and O–H groups in total. The topological polar surface area (TPSA) is 16.4 Å². The molecule has 0 radical (unpaired) electrons. The van der Waals surface area contributed by atoms with Crippen LogP contribution < -0.4 is 4.90 Å². The summed E-state index contributed by atoms with van der Waals surface area (Å²) in [6.45, 7) is 0. The number of anilines is 3. The second-order valence-corrected chi connectivity index (χ2v) is 12.9. The van der Waals surface area contributed by atoms with Crippen LogP contribution >= 0.6 is 0 Å². The van der Waals surface area contributed by atoms with Crippen LogP contribution in [0.15, 0.2) is 192 Å². The molecule has 0 atom stereocenters. The third-order valence-corrected chi connectivity index (χ3v) is 10.1. The van der Waals surface area contributed by atoms with Gasteiger partial charge in [0.25, 0.3) is 0 Å². The molecule has 234 valence electrons. The van der Waals surface area contributed by atoms with E-state index < -0.39 is 0 Å². The lowest BCUT2D eigenvalue weighted by Gasteiger charge is -2.30. The minimum Gasteiger partial charge on any atom is -0.455 e. The third-order valence-electron chi connectivity index (χ3n) is 10.1. The molecule has 0 bridgehead atoms. The Bertz CT molecular complexity index is 2870. The maximum atomic E-state index is 6.43. The highest BCUT2D eigenvalue weighted by Crippen LogP contribution is 2.47. The Hall–Kier alpha value is -6.64. The predicted molar refractivity (Wildman–Crippen MR) is 212 cm³/mol. The number of para-hydroxylation sites is 3. The van der Waals surface area contributed by atoms with Crippen molar-refractivity contribution in [3.8, 4) is 22.3 Å². The molecule has 0 amide bonds. The van der Waals surface area contributed by atoms with E-state index in [2.05, 4.69) is 181 Å². The molecule has 0 aliphatic rings.